The Balaban J connectivity index is 1.46. The number of hydrogen-bond donors (Lipinski definition) is 2. The number of benzene rings is 3. The van der Waals surface area contributed by atoms with Crippen molar-refractivity contribution in [2.45, 2.75) is 6.42 Å². The lowest BCUT2D eigenvalue weighted by Crippen LogP contribution is -2.23. The number of halogens is 2. The third-order valence-electron chi connectivity index (χ3n) is 6.42. The van der Waals surface area contributed by atoms with Gasteiger partial charge in [0, 0.05) is 36.1 Å². The van der Waals surface area contributed by atoms with Crippen LogP contribution in [0.25, 0.3) is 27.7 Å². The van der Waals surface area contributed by atoms with Crippen molar-refractivity contribution in [1.29, 1.82) is 0 Å². The summed E-state index contributed by atoms with van der Waals surface area (Å²) in [6, 6.07) is 19.1. The molecule has 6 rings (SSSR count). The first-order valence-corrected chi connectivity index (χ1v) is 11.9. The second-order valence-corrected chi connectivity index (χ2v) is 9.33. The van der Waals surface area contributed by atoms with Gasteiger partial charge in [-0.3, -0.25) is 14.6 Å². The molecule has 0 aliphatic heterocycles. The van der Waals surface area contributed by atoms with Crippen LogP contribution in [0.4, 0.5) is 5.69 Å². The summed E-state index contributed by atoms with van der Waals surface area (Å²) in [5, 5.41) is 13.3. The fraction of sp³-hybridized carbons (Fsp3) is 0.0357. The number of aromatic hydroxyl groups is 1. The Labute approximate surface area is 215 Å². The number of carbonyl (C=O) groups is 2. The summed E-state index contributed by atoms with van der Waals surface area (Å²) in [5.74, 6) is -1.71. The van der Waals surface area contributed by atoms with Crippen LogP contribution >= 0.6 is 23.2 Å². The highest BCUT2D eigenvalue weighted by molar-refractivity contribution is 6.50. The number of aromatic nitrogens is 2. The molecule has 2 heterocycles. The molecule has 0 bridgehead atoms. The lowest BCUT2D eigenvalue weighted by molar-refractivity contribution is -0.112. The van der Waals surface area contributed by atoms with E-state index in [1.165, 1.54) is 29.6 Å². The zero-order valence-corrected chi connectivity index (χ0v) is 20.1. The van der Waals surface area contributed by atoms with E-state index in [-0.39, 0.29) is 27.0 Å². The van der Waals surface area contributed by atoms with Crippen LogP contribution < -0.4 is 5.32 Å². The number of hydrogen-bond acceptors (Lipinski definition) is 4. The highest BCUT2D eigenvalue weighted by Crippen LogP contribution is 2.41. The number of pyridine rings is 1. The van der Waals surface area contributed by atoms with Crippen LogP contribution in [0.1, 0.15) is 21.5 Å². The van der Waals surface area contributed by atoms with Gasteiger partial charge in [0.25, 0.3) is 11.7 Å². The van der Waals surface area contributed by atoms with E-state index in [4.69, 9.17) is 23.2 Å². The molecule has 0 fully saturated rings. The number of carbonyl (C=O) groups excluding carboxylic acids is 2. The summed E-state index contributed by atoms with van der Waals surface area (Å²) in [5.41, 5.74) is 6.52. The van der Waals surface area contributed by atoms with E-state index < -0.39 is 11.7 Å². The van der Waals surface area contributed by atoms with E-state index in [9.17, 15) is 14.7 Å². The fourth-order valence-corrected chi connectivity index (χ4v) is 5.25. The van der Waals surface area contributed by atoms with Crippen molar-refractivity contribution in [2.24, 2.45) is 0 Å². The lowest BCUT2D eigenvalue weighted by atomic mass is 10.0. The highest BCUT2D eigenvalue weighted by Gasteiger charge is 2.26. The second-order valence-electron chi connectivity index (χ2n) is 8.51. The minimum atomic E-state index is -0.905. The van der Waals surface area contributed by atoms with Gasteiger partial charge >= 0.3 is 0 Å². The summed E-state index contributed by atoms with van der Waals surface area (Å²) in [7, 11) is 0. The van der Waals surface area contributed by atoms with Crippen molar-refractivity contribution in [3.05, 3.63) is 106 Å². The van der Waals surface area contributed by atoms with Crippen LogP contribution in [0.5, 0.6) is 5.75 Å². The zero-order valence-electron chi connectivity index (χ0n) is 18.6. The highest BCUT2D eigenvalue weighted by atomic mass is 35.5. The molecule has 0 unspecified atom stereocenters. The maximum Gasteiger partial charge on any atom is 0.296 e. The second kappa shape index (κ2) is 8.52. The van der Waals surface area contributed by atoms with Crippen molar-refractivity contribution in [3.63, 3.8) is 0 Å². The first kappa shape index (κ1) is 22.3. The summed E-state index contributed by atoms with van der Waals surface area (Å²) in [4.78, 5) is 30.2. The third kappa shape index (κ3) is 3.54. The summed E-state index contributed by atoms with van der Waals surface area (Å²) in [6.07, 6.45) is 5.04. The SMILES string of the molecule is O=C(Nc1c(Cl)cncc1Cl)C(=O)c1cn(-c2cccc3c2Cc2ccccc2-3)c2ccc(O)cc12. The standard InChI is InChI=1S/C28H17Cl2N3O3/c29-22-12-31-13-23(30)26(22)32-28(36)27(35)21-14-33(25-9-8-16(34)11-20(21)25)24-7-3-6-18-17-5-2-1-4-15(17)10-19(18)24/h1-9,11-14,34H,10H2,(H,31,32,36). The molecule has 1 amide bonds. The fourth-order valence-electron chi connectivity index (χ4n) is 4.79. The van der Waals surface area contributed by atoms with Crippen LogP contribution in [0.3, 0.4) is 0 Å². The molecule has 0 saturated heterocycles. The first-order valence-electron chi connectivity index (χ1n) is 11.1. The van der Waals surface area contributed by atoms with Crippen LogP contribution in [0, 0.1) is 0 Å². The molecule has 0 radical (unpaired) electrons. The number of phenolic OH excluding ortho intramolecular Hbond substituents is 1. The van der Waals surface area contributed by atoms with Gasteiger partial charge in [-0.15, -0.1) is 0 Å². The normalized spacial score (nSPS) is 11.8. The van der Waals surface area contributed by atoms with Gasteiger partial charge in [0.05, 0.1) is 26.8 Å². The van der Waals surface area contributed by atoms with Crippen molar-refractivity contribution < 1.29 is 14.7 Å². The van der Waals surface area contributed by atoms with Gasteiger partial charge in [-0.1, -0.05) is 59.6 Å². The van der Waals surface area contributed by atoms with Gasteiger partial charge in [0.2, 0.25) is 0 Å². The summed E-state index contributed by atoms with van der Waals surface area (Å²) >= 11 is 12.2. The molecule has 3 aromatic carbocycles. The summed E-state index contributed by atoms with van der Waals surface area (Å²) < 4.78 is 1.90. The molecular formula is C28H17Cl2N3O3. The molecule has 5 aromatic rings. The molecule has 0 saturated carbocycles. The minimum absolute atomic E-state index is 0.0133. The largest absolute Gasteiger partial charge is 0.508 e. The van der Waals surface area contributed by atoms with E-state index in [1.54, 1.807) is 18.3 Å². The Morgan fingerprint density at radius 1 is 0.944 bits per heavy atom. The number of fused-ring (bicyclic) bond motifs is 4. The molecule has 0 atom stereocenters. The van der Waals surface area contributed by atoms with Gasteiger partial charge < -0.3 is 15.0 Å². The maximum absolute atomic E-state index is 13.3. The van der Waals surface area contributed by atoms with Gasteiger partial charge in [-0.25, -0.2) is 0 Å². The average molecular weight is 514 g/mol. The molecule has 1 aliphatic rings. The lowest BCUT2D eigenvalue weighted by Gasteiger charge is -2.11. The van der Waals surface area contributed by atoms with Gasteiger partial charge in [0.15, 0.2) is 0 Å². The van der Waals surface area contributed by atoms with E-state index in [0.717, 1.165) is 23.2 Å². The first-order chi connectivity index (χ1) is 17.4. The minimum Gasteiger partial charge on any atom is -0.508 e. The molecule has 6 nitrogen and oxygen atoms in total. The predicted octanol–water partition coefficient (Wildman–Crippen LogP) is 6.43. The molecule has 176 valence electrons. The quantitative estimate of drug-likeness (QED) is 0.210. The molecule has 2 aromatic heterocycles. The maximum atomic E-state index is 13.3. The van der Waals surface area contributed by atoms with Gasteiger partial charge in [-0.2, -0.15) is 0 Å². The Kier molecular flexibility index (Phi) is 5.29. The Hall–Kier alpha value is -4.13. The number of ketones is 1. The van der Waals surface area contributed by atoms with Crippen molar-refractivity contribution >= 4 is 51.5 Å². The molecule has 8 heteroatoms. The molecule has 0 spiro atoms. The van der Waals surface area contributed by atoms with Crippen molar-refractivity contribution in [3.8, 4) is 22.6 Å². The molecule has 2 N–H and O–H groups in total. The van der Waals surface area contributed by atoms with Crippen LogP contribution in [0.15, 0.2) is 79.3 Å². The molecule has 36 heavy (non-hydrogen) atoms. The Morgan fingerprint density at radius 3 is 2.50 bits per heavy atom. The van der Waals surface area contributed by atoms with Crippen LogP contribution in [-0.4, -0.2) is 26.3 Å². The molecular weight excluding hydrogens is 497 g/mol. The Bertz CT molecular complexity index is 1710. The number of Topliss-reactive ketones (excluding diaryl/α,β-unsaturated/α-hetero) is 1. The van der Waals surface area contributed by atoms with Crippen LogP contribution in [-0.2, 0) is 11.2 Å². The van der Waals surface area contributed by atoms with Gasteiger partial charge in [-0.05, 0) is 46.5 Å². The smallest absolute Gasteiger partial charge is 0.296 e. The molecule has 1 aliphatic carbocycles. The number of rotatable bonds is 4. The topological polar surface area (TPSA) is 84.2 Å². The van der Waals surface area contributed by atoms with Gasteiger partial charge in [0.1, 0.15) is 5.75 Å². The third-order valence-corrected chi connectivity index (χ3v) is 6.99. The zero-order chi connectivity index (χ0) is 25.0. The summed E-state index contributed by atoms with van der Waals surface area (Å²) in [6.45, 7) is 0. The van der Waals surface area contributed by atoms with Crippen LogP contribution in [0.2, 0.25) is 10.0 Å². The van der Waals surface area contributed by atoms with E-state index >= 15 is 0 Å². The van der Waals surface area contributed by atoms with E-state index in [0.29, 0.717) is 10.9 Å². The number of phenols is 1. The average Bonchev–Trinajstić information content (AvgIpc) is 3.44. The van der Waals surface area contributed by atoms with E-state index in [1.807, 2.05) is 28.8 Å². The predicted molar refractivity (Wildman–Crippen MR) is 140 cm³/mol. The number of anilines is 1. The van der Waals surface area contributed by atoms with E-state index in [2.05, 4.69) is 28.5 Å². The van der Waals surface area contributed by atoms with Crippen molar-refractivity contribution in [2.75, 3.05) is 5.32 Å². The Morgan fingerprint density at radius 2 is 1.69 bits per heavy atom. The number of amides is 1. The monoisotopic (exact) mass is 513 g/mol. The number of nitrogens with one attached hydrogen (secondary N) is 1. The van der Waals surface area contributed by atoms with Crippen molar-refractivity contribution in [1.82, 2.24) is 9.55 Å². The number of nitrogens with zero attached hydrogens (tertiary/aromatic N) is 2.